The number of nitrogens with zero attached hydrogens (tertiary/aromatic N) is 11. The van der Waals surface area contributed by atoms with Gasteiger partial charge in [0.1, 0.15) is 36.8 Å². The number of aliphatic hydroxyl groups is 2. The summed E-state index contributed by atoms with van der Waals surface area (Å²) in [7, 11) is -2.64. The van der Waals surface area contributed by atoms with Gasteiger partial charge in [0.2, 0.25) is 12.3 Å². The van der Waals surface area contributed by atoms with Gasteiger partial charge >= 0.3 is 6.72 Å². The second-order valence-electron chi connectivity index (χ2n) is 17.6. The molecule has 2 N–H and O–H groups in total. The van der Waals surface area contributed by atoms with Crippen LogP contribution in [-0.2, 0) is 47.5 Å². The van der Waals surface area contributed by atoms with Gasteiger partial charge in [-0.25, -0.2) is 30.9 Å². The number of fused-ring (bicyclic) bond motifs is 3. The Morgan fingerprint density at radius 1 is 1.05 bits per heavy atom. The van der Waals surface area contributed by atoms with E-state index in [1.807, 2.05) is 4.57 Å². The van der Waals surface area contributed by atoms with Crippen LogP contribution in [0.5, 0.6) is 0 Å². The average Bonchev–Trinajstić information content (AvgIpc) is 4.05. The first-order chi connectivity index (χ1) is 31.0. The van der Waals surface area contributed by atoms with Crippen molar-refractivity contribution in [3.63, 3.8) is 0 Å². The molecule has 5 aromatic heterocycles. The molecule has 1 unspecified atom stereocenters. The van der Waals surface area contributed by atoms with Crippen molar-refractivity contribution in [1.29, 1.82) is 0 Å². The maximum Gasteiger partial charge on any atom is 0.327 e. The summed E-state index contributed by atoms with van der Waals surface area (Å²) in [5, 5.41) is 32.6. The molecule has 0 bridgehead atoms. The second-order valence-corrected chi connectivity index (χ2v) is 25.7. The number of nitro benzene ring substituents is 1. The number of rotatable bonds is 18. The summed E-state index contributed by atoms with van der Waals surface area (Å²) in [6.07, 6.45) is 4.70. The molecule has 25 heteroatoms. The van der Waals surface area contributed by atoms with E-state index in [2.05, 4.69) is 58.6 Å². The molecule has 0 spiro atoms. The fourth-order valence-electron chi connectivity index (χ4n) is 8.02. The third-order valence-corrected chi connectivity index (χ3v) is 19.8. The molecule has 21 nitrogen and oxygen atoms in total. The molecule has 65 heavy (non-hydrogen) atoms. The zero-order chi connectivity index (χ0) is 46.4. The van der Waals surface area contributed by atoms with Crippen molar-refractivity contribution in [3.05, 3.63) is 98.2 Å². The zero-order valence-corrected chi connectivity index (χ0v) is 39.7. The molecule has 2 aliphatic rings. The van der Waals surface area contributed by atoms with Crippen molar-refractivity contribution in [2.24, 2.45) is 11.8 Å². The molecule has 8 atom stereocenters. The number of ether oxygens (including phenoxy) is 1. The summed E-state index contributed by atoms with van der Waals surface area (Å²) in [4.78, 5) is 50.3. The normalized spacial score (nSPS) is 23.5. The second kappa shape index (κ2) is 18.6. The zero-order valence-electron chi connectivity index (χ0n) is 36.2. The lowest BCUT2D eigenvalue weighted by molar-refractivity contribution is -0.384. The average molecular weight is 970 g/mol. The fourth-order valence-corrected chi connectivity index (χ4v) is 11.6. The summed E-state index contributed by atoms with van der Waals surface area (Å²) < 4.78 is 39.7. The molecule has 6 heterocycles. The highest BCUT2D eigenvalue weighted by molar-refractivity contribution is 8.07. The molecular weight excluding hydrogens is 921 g/mol. The number of aliphatic hydroxyl groups excluding tert-OH is 2. The SMILES string of the molecule is [C-]#[N+]CCOP(=S)(OC[C@H]1C[C@@H](n2cnc3c(Cl)ncnc32)[C@@H]1CO)O[C@@H]1[C@H](O[Si](C)(C)C(C)(C)C)[C@@H](CO)O[C@H]1n1cnc2c(=O)n3ccn(CCc4ccc([N+](=O)[O-])cc4)c3nc21. The monoisotopic (exact) mass is 969 g/mol. The van der Waals surface area contributed by atoms with Crippen LogP contribution in [0.2, 0.25) is 23.3 Å². The number of hydrogen-bond donors (Lipinski definition) is 2. The Hall–Kier alpha value is -4.57. The lowest BCUT2D eigenvalue weighted by Gasteiger charge is -2.45. The Bertz CT molecular complexity index is 2860. The third-order valence-electron chi connectivity index (χ3n) is 12.7. The van der Waals surface area contributed by atoms with E-state index in [1.165, 1.54) is 29.2 Å². The highest BCUT2D eigenvalue weighted by Crippen LogP contribution is 2.57. The quantitative estimate of drug-likeness (QED) is 0.0206. The number of imidazole rings is 3. The summed E-state index contributed by atoms with van der Waals surface area (Å²) in [6.45, 7) is 13.7. The van der Waals surface area contributed by atoms with Crippen LogP contribution >= 0.6 is 18.3 Å². The van der Waals surface area contributed by atoms with E-state index < -0.39 is 56.7 Å². The molecule has 1 aliphatic carbocycles. The van der Waals surface area contributed by atoms with Crippen molar-refractivity contribution >= 4 is 72.2 Å². The van der Waals surface area contributed by atoms with Crippen LogP contribution in [0.25, 0.3) is 33.0 Å². The predicted octanol–water partition coefficient (Wildman–Crippen LogP) is 5.50. The Morgan fingerprint density at radius 2 is 1.78 bits per heavy atom. The lowest BCUT2D eigenvalue weighted by Crippen LogP contribution is -2.50. The summed E-state index contributed by atoms with van der Waals surface area (Å²) in [6, 6.07) is 6.10. The Labute approximate surface area is 383 Å². The van der Waals surface area contributed by atoms with Gasteiger partial charge in [-0.05, 0) is 54.3 Å². The molecule has 346 valence electrons. The first kappa shape index (κ1) is 46.9. The Morgan fingerprint density at radius 3 is 2.48 bits per heavy atom. The molecule has 1 saturated carbocycles. The lowest BCUT2D eigenvalue weighted by atomic mass is 9.70. The number of benzene rings is 1. The van der Waals surface area contributed by atoms with Crippen molar-refractivity contribution in [2.45, 2.75) is 88.9 Å². The Kier molecular flexibility index (Phi) is 13.4. The van der Waals surface area contributed by atoms with Crippen LogP contribution in [0.4, 0.5) is 5.69 Å². The topological polar surface area (TPSA) is 235 Å². The van der Waals surface area contributed by atoms with E-state index in [0.717, 1.165) is 5.56 Å². The summed E-state index contributed by atoms with van der Waals surface area (Å²) in [5.41, 5.74) is 1.62. The van der Waals surface area contributed by atoms with Gasteiger partial charge < -0.3 is 42.4 Å². The number of halogens is 1. The van der Waals surface area contributed by atoms with E-state index in [-0.39, 0.29) is 71.3 Å². The van der Waals surface area contributed by atoms with Crippen molar-refractivity contribution in [2.75, 3.05) is 33.0 Å². The molecule has 6 aromatic rings. The van der Waals surface area contributed by atoms with Crippen molar-refractivity contribution < 1.29 is 37.9 Å². The van der Waals surface area contributed by atoms with Gasteiger partial charge in [-0.3, -0.25) is 24.0 Å². The number of aryl methyl sites for hydroxylation is 2. The Balaban J connectivity index is 1.12. The summed E-state index contributed by atoms with van der Waals surface area (Å²) >= 11 is 12.4. The minimum Gasteiger partial charge on any atom is -0.408 e. The summed E-state index contributed by atoms with van der Waals surface area (Å²) in [5.74, 6) is -0.165. The molecule has 2 fully saturated rings. The smallest absolute Gasteiger partial charge is 0.327 e. The van der Waals surface area contributed by atoms with E-state index >= 15 is 0 Å². The molecule has 0 amide bonds. The molecule has 1 aromatic carbocycles. The van der Waals surface area contributed by atoms with E-state index in [1.54, 1.807) is 40.0 Å². The first-order valence-corrected chi connectivity index (χ1v) is 26.8. The molecule has 0 radical (unpaired) electrons. The number of non-ortho nitro benzene ring substituents is 1. The maximum atomic E-state index is 14.0. The number of nitro groups is 1. The van der Waals surface area contributed by atoms with Gasteiger partial charge in [-0.2, -0.15) is 4.98 Å². The highest BCUT2D eigenvalue weighted by Gasteiger charge is 2.54. The molecular formula is C40H49ClN11O10PSSi. The fraction of sp³-hybridized carbons (Fsp3) is 0.525. The van der Waals surface area contributed by atoms with Gasteiger partial charge in [0.05, 0.1) is 30.8 Å². The van der Waals surface area contributed by atoms with Gasteiger partial charge in [-0.1, -0.05) is 44.5 Å². The molecule has 1 saturated heterocycles. The van der Waals surface area contributed by atoms with Crippen LogP contribution in [0.1, 0.15) is 45.0 Å². The number of aromatic nitrogens is 9. The van der Waals surface area contributed by atoms with Crippen LogP contribution in [0, 0.1) is 28.5 Å². The first-order valence-electron chi connectivity index (χ1n) is 20.9. The third kappa shape index (κ3) is 9.14. The number of hydrogen-bond acceptors (Lipinski definition) is 16. The van der Waals surface area contributed by atoms with Gasteiger partial charge in [0.15, 0.2) is 36.5 Å². The van der Waals surface area contributed by atoms with Crippen molar-refractivity contribution in [3.8, 4) is 0 Å². The molecule has 1 aliphatic heterocycles. The van der Waals surface area contributed by atoms with Gasteiger partial charge in [0.25, 0.3) is 11.2 Å². The minimum absolute atomic E-state index is 0.0113. The van der Waals surface area contributed by atoms with Crippen LogP contribution in [0.3, 0.4) is 0 Å². The van der Waals surface area contributed by atoms with E-state index in [0.29, 0.717) is 36.3 Å². The van der Waals surface area contributed by atoms with E-state index in [4.69, 9.17) is 57.7 Å². The van der Waals surface area contributed by atoms with Crippen LogP contribution in [0.15, 0.2) is 60.4 Å². The van der Waals surface area contributed by atoms with Crippen LogP contribution in [-0.4, -0.2) is 118 Å². The minimum atomic E-state index is -3.80. The van der Waals surface area contributed by atoms with Crippen molar-refractivity contribution in [1.82, 2.24) is 43.0 Å². The van der Waals surface area contributed by atoms with Crippen LogP contribution < -0.4 is 5.56 Å². The van der Waals surface area contributed by atoms with E-state index in [9.17, 15) is 25.1 Å². The largest absolute Gasteiger partial charge is 0.408 e. The predicted molar refractivity (Wildman–Crippen MR) is 243 cm³/mol. The van der Waals surface area contributed by atoms with Gasteiger partial charge in [0, 0.05) is 49.6 Å². The standard InChI is InChI=1S/C40H49ClN11O10PSSi/c1-40(2,3)65(5,6)62-32-29(19-54)60-38(51-23-46-31-36(51)47-39-48(14-15-49(39)37(31)55)13-11-24-7-9-26(10-8-24)52(56)57)33(32)61-63(64,58-16-12-42-4)59-20-25-17-28(27(25)18-53)50-22-45-30-34(41)43-21-44-35(30)50/h7-10,14-15,21-23,25,27-29,32-33,38,53-54H,11-13,16-20H2,1-3,5-6H3/t25-,27-,28-,29-,32-,33-,38-,63?/m1/s1. The highest BCUT2D eigenvalue weighted by atomic mass is 35.5. The molecule has 8 rings (SSSR count). The van der Waals surface area contributed by atoms with Gasteiger partial charge in [-0.15, -0.1) is 0 Å². The maximum absolute atomic E-state index is 14.0.